The van der Waals surface area contributed by atoms with Gasteiger partial charge in [-0.2, -0.15) is 0 Å². The highest BCUT2D eigenvalue weighted by atomic mass is 35.5. The minimum atomic E-state index is -0.749. The van der Waals surface area contributed by atoms with E-state index in [1.807, 2.05) is 0 Å². The van der Waals surface area contributed by atoms with Gasteiger partial charge in [-0.05, 0) is 18.3 Å². The van der Waals surface area contributed by atoms with Gasteiger partial charge in [0.25, 0.3) is 5.91 Å². The van der Waals surface area contributed by atoms with Gasteiger partial charge in [0.05, 0.1) is 15.8 Å². The second kappa shape index (κ2) is 4.61. The summed E-state index contributed by atoms with van der Waals surface area (Å²) in [7, 11) is 0. The van der Waals surface area contributed by atoms with Crippen LogP contribution in [0.15, 0.2) is 5.18 Å². The fourth-order valence-corrected chi connectivity index (χ4v) is 3.72. The molecule has 7 heteroatoms. The summed E-state index contributed by atoms with van der Waals surface area (Å²) in [5.41, 5.74) is 0.776. The number of halogens is 3. The molecule has 3 nitrogen and oxygen atoms in total. The molecule has 1 aromatic rings. The summed E-state index contributed by atoms with van der Waals surface area (Å²) in [5.74, 6) is -0.679. The van der Waals surface area contributed by atoms with E-state index in [1.165, 1.54) is 17.8 Å². The van der Waals surface area contributed by atoms with Gasteiger partial charge in [0.15, 0.2) is 0 Å². The van der Waals surface area contributed by atoms with Crippen molar-refractivity contribution in [2.75, 3.05) is 0 Å². The summed E-state index contributed by atoms with van der Waals surface area (Å²) in [6.07, 6.45) is 2.05. The third-order valence-electron chi connectivity index (χ3n) is 2.46. The highest BCUT2D eigenvalue weighted by Crippen LogP contribution is 2.56. The smallest absolute Gasteiger partial charge is 0.269 e. The van der Waals surface area contributed by atoms with Gasteiger partial charge in [0.1, 0.15) is 4.34 Å². The second-order valence-electron chi connectivity index (χ2n) is 3.48. The lowest BCUT2D eigenvalue weighted by molar-refractivity contribution is -0.115. The summed E-state index contributed by atoms with van der Waals surface area (Å²) >= 11 is 19.0. The molecule has 0 aromatic carbocycles. The Hall–Kier alpha value is -0.160. The van der Waals surface area contributed by atoms with E-state index in [0.29, 0.717) is 13.7 Å². The maximum Gasteiger partial charge on any atom is 0.290 e. The summed E-state index contributed by atoms with van der Waals surface area (Å²) in [4.78, 5) is 20.7. The second-order valence-corrected chi connectivity index (χ2v) is 6.08. The van der Waals surface area contributed by atoms with Gasteiger partial charge in [0, 0.05) is 10.7 Å². The van der Waals surface area contributed by atoms with E-state index in [1.54, 1.807) is 0 Å². The Morgan fingerprint density at radius 2 is 2.06 bits per heavy atom. The largest absolute Gasteiger partial charge is 0.290 e. The average molecular weight is 298 g/mol. The third kappa shape index (κ3) is 2.25. The molecule has 1 aliphatic rings. The summed E-state index contributed by atoms with van der Waals surface area (Å²) in [6, 6.07) is 0. The van der Waals surface area contributed by atoms with Crippen molar-refractivity contribution in [1.82, 2.24) is 0 Å². The standard InChI is InChI=1S/C9H5Cl3NO2S/c10-7-6(8(11)16-9(7)12)4-1-3(4)2-5(14)13-15/h2-4H,1H2. The number of nitroso groups, excluding NO2 is 1. The van der Waals surface area contributed by atoms with Gasteiger partial charge in [-0.3, -0.25) is 4.79 Å². The summed E-state index contributed by atoms with van der Waals surface area (Å²) in [5, 5.41) is 2.76. The molecule has 2 atom stereocenters. The molecule has 0 saturated heterocycles. The average Bonchev–Trinajstić information content (AvgIpc) is 2.91. The molecule has 1 saturated carbocycles. The van der Waals surface area contributed by atoms with Crippen LogP contribution in [-0.2, 0) is 4.79 Å². The molecule has 2 unspecified atom stereocenters. The molecule has 1 aromatic heterocycles. The van der Waals surface area contributed by atoms with Crippen LogP contribution in [0.4, 0.5) is 0 Å². The van der Waals surface area contributed by atoms with Crippen LogP contribution in [0.5, 0.6) is 0 Å². The van der Waals surface area contributed by atoms with Crippen molar-refractivity contribution >= 4 is 52.0 Å². The number of hydrogen-bond acceptors (Lipinski definition) is 3. The topological polar surface area (TPSA) is 46.5 Å². The predicted octanol–water partition coefficient (Wildman–Crippen LogP) is 4.31. The van der Waals surface area contributed by atoms with Crippen LogP contribution >= 0.6 is 46.1 Å². The van der Waals surface area contributed by atoms with E-state index in [9.17, 15) is 9.70 Å². The van der Waals surface area contributed by atoms with Crippen LogP contribution < -0.4 is 0 Å². The Labute approximate surface area is 111 Å². The third-order valence-corrected chi connectivity index (χ3v) is 4.70. The van der Waals surface area contributed by atoms with Crippen molar-refractivity contribution < 1.29 is 4.79 Å². The van der Waals surface area contributed by atoms with Crippen molar-refractivity contribution in [3.8, 4) is 0 Å². The Bertz CT molecular complexity index is 460. The SMILES string of the molecule is O=NC(=O)[CH]C1CC1c1c(Cl)sc(Cl)c1Cl. The van der Waals surface area contributed by atoms with Gasteiger partial charge in [-0.1, -0.05) is 34.8 Å². The zero-order chi connectivity index (χ0) is 11.9. The molecule has 0 bridgehead atoms. The lowest BCUT2D eigenvalue weighted by Gasteiger charge is -1.97. The fraction of sp³-hybridized carbons (Fsp3) is 0.333. The van der Waals surface area contributed by atoms with Gasteiger partial charge in [-0.15, -0.1) is 16.2 Å². The van der Waals surface area contributed by atoms with E-state index >= 15 is 0 Å². The normalized spacial score (nSPS) is 23.2. The summed E-state index contributed by atoms with van der Waals surface area (Å²) < 4.78 is 0.995. The van der Waals surface area contributed by atoms with Crippen molar-refractivity contribution in [2.24, 2.45) is 11.1 Å². The van der Waals surface area contributed by atoms with Crippen LogP contribution in [-0.4, -0.2) is 5.91 Å². The molecule has 85 valence electrons. The van der Waals surface area contributed by atoms with Gasteiger partial charge >= 0.3 is 0 Å². The number of carbonyl (C=O) groups is 1. The van der Waals surface area contributed by atoms with E-state index < -0.39 is 5.91 Å². The first kappa shape index (κ1) is 12.3. The summed E-state index contributed by atoms with van der Waals surface area (Å²) in [6.45, 7) is 0. The molecule has 16 heavy (non-hydrogen) atoms. The number of thiophene rings is 1. The van der Waals surface area contributed by atoms with Gasteiger partial charge in [-0.25, -0.2) is 0 Å². The van der Waals surface area contributed by atoms with E-state index in [2.05, 4.69) is 5.18 Å². The molecule has 0 aliphatic heterocycles. The molecule has 1 amide bonds. The minimum Gasteiger partial charge on any atom is -0.269 e. The molecular formula is C9H5Cl3NO2S. The first-order chi connectivity index (χ1) is 7.54. The lowest BCUT2D eigenvalue weighted by Crippen LogP contribution is -1.95. The maximum atomic E-state index is 10.8. The molecule has 0 spiro atoms. The first-order valence-electron chi connectivity index (χ1n) is 4.40. The fourth-order valence-electron chi connectivity index (χ4n) is 1.62. The van der Waals surface area contributed by atoms with Gasteiger partial charge < -0.3 is 0 Å². The van der Waals surface area contributed by atoms with Crippen molar-refractivity contribution in [2.45, 2.75) is 12.3 Å². The number of rotatable bonds is 3. The monoisotopic (exact) mass is 296 g/mol. The molecule has 1 fully saturated rings. The highest BCUT2D eigenvalue weighted by molar-refractivity contribution is 7.20. The molecule has 1 heterocycles. The zero-order valence-electron chi connectivity index (χ0n) is 7.75. The van der Waals surface area contributed by atoms with Crippen molar-refractivity contribution in [3.63, 3.8) is 0 Å². The van der Waals surface area contributed by atoms with E-state index in [4.69, 9.17) is 34.8 Å². The maximum absolute atomic E-state index is 10.8. The van der Waals surface area contributed by atoms with E-state index in [0.717, 1.165) is 12.0 Å². The van der Waals surface area contributed by atoms with Crippen LogP contribution in [0.2, 0.25) is 13.7 Å². The number of nitrogens with zero attached hydrogens (tertiary/aromatic N) is 1. The zero-order valence-corrected chi connectivity index (χ0v) is 10.8. The van der Waals surface area contributed by atoms with Gasteiger partial charge in [0.2, 0.25) is 0 Å². The predicted molar refractivity (Wildman–Crippen MR) is 65.3 cm³/mol. The quantitative estimate of drug-likeness (QED) is 0.780. The van der Waals surface area contributed by atoms with Crippen LogP contribution in [0, 0.1) is 17.2 Å². The lowest BCUT2D eigenvalue weighted by atomic mass is 10.1. The van der Waals surface area contributed by atoms with Crippen LogP contribution in [0.25, 0.3) is 0 Å². The van der Waals surface area contributed by atoms with Crippen LogP contribution in [0.3, 0.4) is 0 Å². The Morgan fingerprint density at radius 3 is 2.56 bits per heavy atom. The number of hydrogen-bond donors (Lipinski definition) is 0. The molecule has 1 radical (unpaired) electrons. The van der Waals surface area contributed by atoms with Crippen LogP contribution in [0.1, 0.15) is 17.9 Å². The number of amides is 1. The first-order valence-corrected chi connectivity index (χ1v) is 6.35. The van der Waals surface area contributed by atoms with Crippen molar-refractivity contribution in [3.05, 3.63) is 30.6 Å². The molecule has 1 aliphatic carbocycles. The Kier molecular flexibility index (Phi) is 3.54. The Balaban J connectivity index is 2.11. The molecule has 2 rings (SSSR count). The van der Waals surface area contributed by atoms with Crippen molar-refractivity contribution in [1.29, 1.82) is 0 Å². The Morgan fingerprint density at radius 1 is 1.38 bits per heavy atom. The molecule has 0 N–H and O–H groups in total. The molecular weight excluding hydrogens is 293 g/mol. The van der Waals surface area contributed by atoms with E-state index in [-0.39, 0.29) is 11.8 Å². The minimum absolute atomic E-state index is 0.00846. The number of carbonyl (C=O) groups excluding carboxylic acids is 1. The highest BCUT2D eigenvalue weighted by Gasteiger charge is 2.43.